The van der Waals surface area contributed by atoms with E-state index in [9.17, 15) is 0 Å². The van der Waals surface area contributed by atoms with Crippen LogP contribution in [-0.4, -0.2) is 12.3 Å². The first-order valence-electron chi connectivity index (χ1n) is 29.3. The largest absolute Gasteiger partial charge is 0.334 e. The number of fused-ring (bicyclic) bond motifs is 21. The second-order valence-electron chi connectivity index (χ2n) is 27.8. The summed E-state index contributed by atoms with van der Waals surface area (Å²) in [7, 11) is 0. The summed E-state index contributed by atoms with van der Waals surface area (Å²) in [4.78, 5) is 8.53. The lowest BCUT2D eigenvalue weighted by Crippen LogP contribution is -2.62. The standard InChI is InChI=1S/C72H68BN3S2/c1-41-32-48-51-39-55(41)75-57-36-46-44-18-11-13-21-61(44)78-64(46)40-53(57)73-52-37-49-50(68(4,5)29-28-67(49,2)3)38-58(52)74(54-20-17-23-63-65(54)45-19-12-14-22-62(45)77-63)59-34-43(35-60(75)66(59)73)76-56-33-42(70(51,8)31-30-69(48,6)7)24-25-47(56)71(9)26-15-16-27-72(71,76)10/h11-14,17-25,32-40H,15-16,26-31H2,1-10H3. The van der Waals surface area contributed by atoms with Crippen LogP contribution in [-0.2, 0) is 27.1 Å². The molecule has 6 heteroatoms. The van der Waals surface area contributed by atoms with E-state index in [1.54, 1.807) is 0 Å². The molecule has 3 aliphatic carbocycles. The Balaban J connectivity index is 1.09. The molecule has 1 saturated carbocycles. The number of rotatable bonds is 1. The van der Waals surface area contributed by atoms with Gasteiger partial charge in [-0.15, -0.1) is 22.7 Å². The fourth-order valence-electron chi connectivity index (χ4n) is 17.4. The highest BCUT2D eigenvalue weighted by Crippen LogP contribution is 2.64. The third-order valence-electron chi connectivity index (χ3n) is 22.3. The Morgan fingerprint density at radius 1 is 0.423 bits per heavy atom. The maximum atomic E-state index is 2.92. The molecule has 6 bridgehead atoms. The summed E-state index contributed by atoms with van der Waals surface area (Å²) in [6.07, 6.45) is 9.42. The fourth-order valence-corrected chi connectivity index (χ4v) is 19.7. The van der Waals surface area contributed by atoms with Crippen LogP contribution in [0.4, 0.5) is 45.5 Å². The summed E-state index contributed by atoms with van der Waals surface area (Å²) in [5.74, 6) is 0. The minimum atomic E-state index is -0.179. The molecule has 386 valence electrons. The third kappa shape index (κ3) is 5.67. The Morgan fingerprint density at radius 3 is 1.79 bits per heavy atom. The zero-order valence-electron chi connectivity index (χ0n) is 47.1. The Bertz CT molecular complexity index is 4380. The van der Waals surface area contributed by atoms with Crippen LogP contribution in [0.15, 0.2) is 133 Å². The predicted molar refractivity (Wildman–Crippen MR) is 338 cm³/mol. The van der Waals surface area contributed by atoms with Gasteiger partial charge < -0.3 is 14.7 Å². The zero-order valence-corrected chi connectivity index (χ0v) is 48.7. The van der Waals surface area contributed by atoms with E-state index in [1.165, 1.54) is 167 Å². The average molecular weight is 1050 g/mol. The summed E-state index contributed by atoms with van der Waals surface area (Å²) in [6.45, 7) is 25.4. The Labute approximate surface area is 469 Å². The summed E-state index contributed by atoms with van der Waals surface area (Å²) >= 11 is 3.90. The lowest BCUT2D eigenvalue weighted by atomic mass is 9.33. The molecule has 1 fully saturated rings. The van der Waals surface area contributed by atoms with Crippen LogP contribution in [0.2, 0.25) is 0 Å². The van der Waals surface area contributed by atoms with E-state index >= 15 is 0 Å². The molecule has 2 aromatic heterocycles. The van der Waals surface area contributed by atoms with E-state index in [1.807, 2.05) is 22.7 Å². The molecule has 6 heterocycles. The van der Waals surface area contributed by atoms with Gasteiger partial charge in [0.1, 0.15) is 0 Å². The predicted octanol–water partition coefficient (Wildman–Crippen LogP) is 18.6. The summed E-state index contributed by atoms with van der Waals surface area (Å²) in [6, 6.07) is 54.9. The maximum Gasteiger partial charge on any atom is 0.252 e. The molecular weight excluding hydrogens is 982 g/mol. The maximum absolute atomic E-state index is 2.92. The molecule has 0 radical (unpaired) electrons. The number of anilines is 8. The highest BCUT2D eigenvalue weighted by Gasteiger charge is 2.59. The number of thiophene rings is 2. The van der Waals surface area contributed by atoms with Gasteiger partial charge in [0.05, 0.1) is 11.2 Å². The van der Waals surface area contributed by atoms with Crippen LogP contribution in [0.1, 0.15) is 153 Å². The van der Waals surface area contributed by atoms with Crippen molar-refractivity contribution in [3.05, 3.63) is 172 Å². The highest BCUT2D eigenvalue weighted by atomic mass is 32.1. The number of nitrogens with zero attached hydrogens (tertiary/aromatic N) is 3. The van der Waals surface area contributed by atoms with E-state index in [0.717, 1.165) is 25.7 Å². The van der Waals surface area contributed by atoms with Crippen molar-refractivity contribution < 1.29 is 0 Å². The molecule has 0 spiro atoms. The van der Waals surface area contributed by atoms with Gasteiger partial charge in [0.15, 0.2) is 0 Å². The number of hydrogen-bond donors (Lipinski definition) is 0. The molecule has 8 aromatic carbocycles. The van der Waals surface area contributed by atoms with Crippen molar-refractivity contribution in [2.24, 2.45) is 0 Å². The first-order chi connectivity index (χ1) is 37.4. The van der Waals surface area contributed by atoms with E-state index in [0.29, 0.717) is 0 Å². The summed E-state index contributed by atoms with van der Waals surface area (Å²) in [5.41, 5.74) is 25.0. The number of benzene rings is 8. The van der Waals surface area contributed by atoms with Gasteiger partial charge in [-0.05, 0) is 191 Å². The van der Waals surface area contributed by atoms with Gasteiger partial charge in [0, 0.05) is 91.0 Å². The third-order valence-corrected chi connectivity index (χ3v) is 24.6. The molecule has 7 aliphatic rings. The SMILES string of the molecule is Cc1cc2c3cc1N1c4cc5c(cc4B4c6cc7c(cc6N(c6cccc8sc9ccccc9c68)c6cc(cc1c64)N1c4cc(ccc4C4(C)CCCCC14C)C3(C)CCC2(C)C)C(C)(C)CCC7(C)C)sc1ccccc15. The molecule has 17 rings (SSSR count). The Morgan fingerprint density at radius 2 is 1.03 bits per heavy atom. The van der Waals surface area contributed by atoms with Gasteiger partial charge in [-0.2, -0.15) is 0 Å². The van der Waals surface area contributed by atoms with Crippen molar-refractivity contribution in [1.82, 2.24) is 0 Å². The van der Waals surface area contributed by atoms with Gasteiger partial charge in [0.2, 0.25) is 0 Å². The van der Waals surface area contributed by atoms with Crippen LogP contribution >= 0.6 is 22.7 Å². The topological polar surface area (TPSA) is 9.72 Å². The second kappa shape index (κ2) is 14.9. The van der Waals surface area contributed by atoms with Gasteiger partial charge in [-0.25, -0.2) is 0 Å². The first kappa shape index (κ1) is 46.6. The molecule has 4 aliphatic heterocycles. The van der Waals surface area contributed by atoms with E-state index in [2.05, 4.69) is 217 Å². The molecule has 10 aromatic rings. The average Bonchev–Trinajstić information content (AvgIpc) is 3.33. The van der Waals surface area contributed by atoms with Crippen LogP contribution < -0.4 is 31.1 Å². The smallest absolute Gasteiger partial charge is 0.252 e. The zero-order chi connectivity index (χ0) is 52.9. The molecule has 0 N–H and O–H groups in total. The van der Waals surface area contributed by atoms with E-state index < -0.39 is 0 Å². The first-order valence-corrected chi connectivity index (χ1v) is 31.0. The fraction of sp³-hybridized carbons (Fsp3) is 0.333. The lowest BCUT2D eigenvalue weighted by Gasteiger charge is -2.51. The quantitative estimate of drug-likeness (QED) is 0.152. The minimum absolute atomic E-state index is 0.0104. The van der Waals surface area contributed by atoms with Crippen molar-refractivity contribution in [1.29, 1.82) is 0 Å². The van der Waals surface area contributed by atoms with Gasteiger partial charge in [-0.3, -0.25) is 0 Å². The minimum Gasteiger partial charge on any atom is -0.334 e. The van der Waals surface area contributed by atoms with Crippen LogP contribution in [0.25, 0.3) is 40.3 Å². The van der Waals surface area contributed by atoms with Crippen LogP contribution in [0, 0.1) is 6.92 Å². The van der Waals surface area contributed by atoms with Gasteiger partial charge in [0.25, 0.3) is 6.71 Å². The second-order valence-corrected chi connectivity index (χ2v) is 29.9. The molecule has 78 heavy (non-hydrogen) atoms. The highest BCUT2D eigenvalue weighted by molar-refractivity contribution is 7.26. The molecular formula is C72H68BN3S2. The van der Waals surface area contributed by atoms with Crippen molar-refractivity contribution >= 4 is 132 Å². The Kier molecular flexibility index (Phi) is 8.90. The van der Waals surface area contributed by atoms with Crippen molar-refractivity contribution in [2.75, 3.05) is 14.7 Å². The number of hydrogen-bond acceptors (Lipinski definition) is 5. The molecule has 3 unspecified atom stereocenters. The molecule has 0 amide bonds. The summed E-state index contributed by atoms with van der Waals surface area (Å²) in [5, 5.41) is 5.39. The molecule has 3 atom stereocenters. The van der Waals surface area contributed by atoms with Crippen LogP contribution in [0.5, 0.6) is 0 Å². The monoisotopic (exact) mass is 1050 g/mol. The molecule has 0 saturated heterocycles. The summed E-state index contributed by atoms with van der Waals surface area (Å²) < 4.78 is 5.40. The van der Waals surface area contributed by atoms with Crippen molar-refractivity contribution in [2.45, 2.75) is 153 Å². The lowest BCUT2D eigenvalue weighted by molar-refractivity contribution is 0.195. The van der Waals surface area contributed by atoms with E-state index in [4.69, 9.17) is 0 Å². The van der Waals surface area contributed by atoms with Crippen LogP contribution in [0.3, 0.4) is 0 Å². The Hall–Kier alpha value is -6.34. The molecule has 3 nitrogen and oxygen atoms in total. The normalized spacial score (nSPS) is 24.2. The van der Waals surface area contributed by atoms with Gasteiger partial charge >= 0.3 is 0 Å². The number of aryl methyl sites for hydroxylation is 1. The van der Waals surface area contributed by atoms with Crippen molar-refractivity contribution in [3.8, 4) is 0 Å². The van der Waals surface area contributed by atoms with E-state index in [-0.39, 0.29) is 39.3 Å². The van der Waals surface area contributed by atoms with Gasteiger partial charge in [-0.1, -0.05) is 135 Å². The van der Waals surface area contributed by atoms with Crippen molar-refractivity contribution in [3.63, 3.8) is 0 Å².